The van der Waals surface area contributed by atoms with E-state index >= 15 is 0 Å². The lowest BCUT2D eigenvalue weighted by Crippen LogP contribution is -2.51. The average molecular weight is 471 g/mol. The quantitative estimate of drug-likeness (QED) is 0.551. The second-order valence-corrected chi connectivity index (χ2v) is 9.91. The molecule has 0 unspecified atom stereocenters. The van der Waals surface area contributed by atoms with Crippen LogP contribution in [0.3, 0.4) is 0 Å². The van der Waals surface area contributed by atoms with Crippen molar-refractivity contribution in [2.75, 3.05) is 57.7 Å². The van der Waals surface area contributed by atoms with Gasteiger partial charge in [0.05, 0.1) is 23.7 Å². The molecule has 0 bridgehead atoms. The van der Waals surface area contributed by atoms with Crippen molar-refractivity contribution in [2.24, 2.45) is 0 Å². The summed E-state index contributed by atoms with van der Waals surface area (Å²) in [4.78, 5) is 30.3. The molecule has 0 N–H and O–H groups in total. The van der Waals surface area contributed by atoms with E-state index < -0.39 is 10.0 Å². The van der Waals surface area contributed by atoms with Gasteiger partial charge in [-0.2, -0.15) is 0 Å². The van der Waals surface area contributed by atoms with Crippen molar-refractivity contribution in [1.82, 2.24) is 14.7 Å². The predicted octanol–water partition coefficient (Wildman–Crippen LogP) is 1.91. The molecule has 3 rings (SSSR count). The van der Waals surface area contributed by atoms with Crippen LogP contribution in [0, 0.1) is 0 Å². The van der Waals surface area contributed by atoms with E-state index in [-0.39, 0.29) is 23.3 Å². The molecule has 9 heteroatoms. The number of carbonyl (C=O) groups is 2. The maximum Gasteiger partial charge on any atom is 0.264 e. The lowest BCUT2D eigenvalue weighted by atomic mass is 10.2. The number of para-hydroxylation sites is 1. The van der Waals surface area contributed by atoms with Crippen molar-refractivity contribution in [2.45, 2.75) is 4.90 Å². The van der Waals surface area contributed by atoms with Gasteiger partial charge in [0.15, 0.2) is 0 Å². The van der Waals surface area contributed by atoms with Gasteiger partial charge in [0.25, 0.3) is 15.9 Å². The van der Waals surface area contributed by atoms with Crippen LogP contribution in [0.1, 0.15) is 10.4 Å². The third-order valence-corrected chi connectivity index (χ3v) is 7.32. The van der Waals surface area contributed by atoms with E-state index in [9.17, 15) is 18.0 Å². The third-order valence-electron chi connectivity index (χ3n) is 5.53. The van der Waals surface area contributed by atoms with E-state index in [1.54, 1.807) is 60.3 Å². The topological polar surface area (TPSA) is 81.2 Å². The fourth-order valence-electron chi connectivity index (χ4n) is 3.60. The summed E-state index contributed by atoms with van der Waals surface area (Å²) in [5.41, 5.74) is 0.845. The fourth-order valence-corrected chi connectivity index (χ4v) is 5.08. The highest BCUT2D eigenvalue weighted by molar-refractivity contribution is 7.92. The highest BCUT2D eigenvalue weighted by Gasteiger charge is 2.27. The highest BCUT2D eigenvalue weighted by Crippen LogP contribution is 2.24. The highest BCUT2D eigenvalue weighted by atomic mass is 32.2. The molecule has 1 aliphatic heterocycles. The number of hydrogen-bond donors (Lipinski definition) is 0. The number of benzene rings is 2. The molecule has 0 radical (unpaired) electrons. The Morgan fingerprint density at radius 1 is 1.00 bits per heavy atom. The van der Waals surface area contributed by atoms with Gasteiger partial charge in [-0.3, -0.25) is 18.8 Å². The van der Waals surface area contributed by atoms with Crippen LogP contribution in [-0.4, -0.2) is 88.3 Å². The van der Waals surface area contributed by atoms with E-state index in [1.165, 1.54) is 22.5 Å². The number of piperazine rings is 1. The van der Waals surface area contributed by atoms with Crippen molar-refractivity contribution < 1.29 is 18.0 Å². The Hall–Kier alpha value is -3.17. The molecule has 2 aromatic rings. The van der Waals surface area contributed by atoms with E-state index in [0.29, 0.717) is 44.0 Å². The molecule has 2 aromatic carbocycles. The molecule has 176 valence electrons. The first-order valence-electron chi connectivity index (χ1n) is 10.7. The maximum atomic E-state index is 13.4. The zero-order valence-electron chi connectivity index (χ0n) is 19.1. The van der Waals surface area contributed by atoms with E-state index in [1.807, 2.05) is 11.0 Å². The van der Waals surface area contributed by atoms with Crippen molar-refractivity contribution in [3.8, 4) is 0 Å². The number of carbonyl (C=O) groups excluding carboxylic acids is 2. The number of anilines is 1. The van der Waals surface area contributed by atoms with Crippen molar-refractivity contribution >= 4 is 27.5 Å². The minimum atomic E-state index is -3.89. The molecule has 1 fully saturated rings. The number of nitrogens with zero attached hydrogens (tertiary/aromatic N) is 4. The maximum absolute atomic E-state index is 13.4. The summed E-state index contributed by atoms with van der Waals surface area (Å²) in [5, 5.41) is 0. The molecular formula is C24H30N4O4S. The lowest BCUT2D eigenvalue weighted by molar-refractivity contribution is -0.130. The molecule has 2 amide bonds. The zero-order valence-corrected chi connectivity index (χ0v) is 19.9. The molecule has 1 heterocycles. The monoisotopic (exact) mass is 470 g/mol. The first-order valence-corrected chi connectivity index (χ1v) is 12.2. The van der Waals surface area contributed by atoms with Crippen molar-refractivity contribution in [3.05, 3.63) is 72.8 Å². The fraction of sp³-hybridized carbons (Fsp3) is 0.333. The normalized spacial score (nSPS) is 14.5. The molecule has 0 saturated carbocycles. The second-order valence-electron chi connectivity index (χ2n) is 8.04. The van der Waals surface area contributed by atoms with Gasteiger partial charge in [0.2, 0.25) is 5.91 Å². The van der Waals surface area contributed by atoms with Gasteiger partial charge in [0, 0.05) is 45.8 Å². The van der Waals surface area contributed by atoms with E-state index in [4.69, 9.17) is 0 Å². The summed E-state index contributed by atoms with van der Waals surface area (Å²) < 4.78 is 28.0. The van der Waals surface area contributed by atoms with Gasteiger partial charge in [-0.05, 0) is 30.3 Å². The van der Waals surface area contributed by atoms with Crippen LogP contribution in [0.4, 0.5) is 5.69 Å². The minimum Gasteiger partial charge on any atom is -0.348 e. The molecule has 1 saturated heterocycles. The molecule has 0 atom stereocenters. The Kier molecular flexibility index (Phi) is 7.88. The predicted molar refractivity (Wildman–Crippen MR) is 129 cm³/mol. The summed E-state index contributed by atoms with van der Waals surface area (Å²) in [5.74, 6) is -0.198. The Morgan fingerprint density at radius 2 is 1.67 bits per heavy atom. The summed E-state index contributed by atoms with van der Waals surface area (Å²) in [6.45, 7) is 6.24. The van der Waals surface area contributed by atoms with Crippen LogP contribution in [0.5, 0.6) is 0 Å². The number of amides is 2. The van der Waals surface area contributed by atoms with Gasteiger partial charge in [-0.15, -0.1) is 6.58 Å². The van der Waals surface area contributed by atoms with Crippen LogP contribution in [0.15, 0.2) is 72.1 Å². The van der Waals surface area contributed by atoms with Gasteiger partial charge in [-0.25, -0.2) is 8.42 Å². The van der Waals surface area contributed by atoms with Crippen LogP contribution >= 0.6 is 0 Å². The standard InChI is InChI=1S/C24H30N4O4S/c1-4-13-28(21-10-6-5-7-11-21)33(31,32)22-12-8-9-20(18-22)24(30)27-16-14-26(15-17-27)19-23(29)25(2)3/h4-12,18H,1,13-17,19H2,2-3H3. The number of sulfonamides is 1. The Bertz CT molecular complexity index is 1090. The summed E-state index contributed by atoms with van der Waals surface area (Å²) >= 11 is 0. The summed E-state index contributed by atoms with van der Waals surface area (Å²) in [6, 6.07) is 14.9. The van der Waals surface area contributed by atoms with E-state index in [2.05, 4.69) is 6.58 Å². The van der Waals surface area contributed by atoms with Crippen LogP contribution < -0.4 is 4.31 Å². The zero-order chi connectivity index (χ0) is 24.0. The first kappa shape index (κ1) is 24.5. The van der Waals surface area contributed by atoms with Crippen LogP contribution in [0.25, 0.3) is 0 Å². The first-order chi connectivity index (χ1) is 15.7. The Morgan fingerprint density at radius 3 is 2.27 bits per heavy atom. The molecule has 1 aliphatic rings. The third kappa shape index (κ3) is 5.80. The molecule has 33 heavy (non-hydrogen) atoms. The summed E-state index contributed by atoms with van der Waals surface area (Å²) in [6.07, 6.45) is 1.53. The minimum absolute atomic E-state index is 0.0233. The van der Waals surface area contributed by atoms with Gasteiger partial charge < -0.3 is 9.80 Å². The second kappa shape index (κ2) is 10.6. The number of likely N-dealkylation sites (N-methyl/N-ethyl adjacent to an activating group) is 1. The molecular weight excluding hydrogens is 440 g/mol. The van der Waals surface area contributed by atoms with Gasteiger partial charge in [-0.1, -0.05) is 30.3 Å². The largest absolute Gasteiger partial charge is 0.348 e. The Balaban J connectivity index is 1.76. The molecule has 0 spiro atoms. The van der Waals surface area contributed by atoms with Crippen molar-refractivity contribution in [3.63, 3.8) is 0 Å². The van der Waals surface area contributed by atoms with Gasteiger partial charge >= 0.3 is 0 Å². The summed E-state index contributed by atoms with van der Waals surface area (Å²) in [7, 11) is -0.454. The van der Waals surface area contributed by atoms with Gasteiger partial charge in [0.1, 0.15) is 0 Å². The van der Waals surface area contributed by atoms with Crippen molar-refractivity contribution in [1.29, 1.82) is 0 Å². The smallest absolute Gasteiger partial charge is 0.264 e. The number of rotatable bonds is 8. The molecule has 8 nitrogen and oxygen atoms in total. The number of hydrogen-bond acceptors (Lipinski definition) is 5. The molecule has 0 aromatic heterocycles. The SMILES string of the molecule is C=CCN(c1ccccc1)S(=O)(=O)c1cccc(C(=O)N2CCN(CC(=O)N(C)C)CC2)c1. The van der Waals surface area contributed by atoms with Crippen LogP contribution in [0.2, 0.25) is 0 Å². The lowest BCUT2D eigenvalue weighted by Gasteiger charge is -2.34. The van der Waals surface area contributed by atoms with E-state index in [0.717, 1.165) is 0 Å². The Labute approximate surface area is 195 Å². The van der Waals surface area contributed by atoms with Crippen LogP contribution in [-0.2, 0) is 14.8 Å². The molecule has 0 aliphatic carbocycles. The average Bonchev–Trinajstić information content (AvgIpc) is 2.83.